The lowest BCUT2D eigenvalue weighted by Gasteiger charge is -2.12. The maximum Gasteiger partial charge on any atom is 0.339 e. The van der Waals surface area contributed by atoms with Crippen LogP contribution in [-0.4, -0.2) is 32.1 Å². The van der Waals surface area contributed by atoms with Crippen LogP contribution in [0.3, 0.4) is 0 Å². The van der Waals surface area contributed by atoms with E-state index in [2.05, 4.69) is 57.1 Å². The van der Waals surface area contributed by atoms with E-state index in [1.165, 1.54) is 11.1 Å². The molecule has 0 bridgehead atoms. The van der Waals surface area contributed by atoms with Crippen molar-refractivity contribution in [3.8, 4) is 5.75 Å². The molecule has 3 rings (SSSR count). The summed E-state index contributed by atoms with van der Waals surface area (Å²) in [6.07, 6.45) is 4.95. The van der Waals surface area contributed by atoms with E-state index in [1.54, 1.807) is 0 Å². The first-order valence-corrected chi connectivity index (χ1v) is 11.3. The molecular formula is C27H35NO3. The van der Waals surface area contributed by atoms with Crippen LogP contribution in [0.25, 0.3) is 11.0 Å². The summed E-state index contributed by atoms with van der Waals surface area (Å²) >= 11 is 0. The summed E-state index contributed by atoms with van der Waals surface area (Å²) in [5, 5.41) is 1.00. The number of ether oxygens (including phenoxy) is 1. The van der Waals surface area contributed by atoms with Gasteiger partial charge in [0.05, 0.1) is 6.61 Å². The van der Waals surface area contributed by atoms with Crippen molar-refractivity contribution in [2.24, 2.45) is 5.92 Å². The lowest BCUT2D eigenvalue weighted by Crippen LogP contribution is -2.15. The second-order valence-electron chi connectivity index (χ2n) is 8.95. The number of hydrogen-bond acceptors (Lipinski definition) is 4. The van der Waals surface area contributed by atoms with Crippen LogP contribution >= 0.6 is 0 Å². The first kappa shape index (κ1) is 23.1. The Bertz CT molecular complexity index is 1040. The first-order valence-electron chi connectivity index (χ1n) is 11.3. The summed E-state index contributed by atoms with van der Waals surface area (Å²) in [7, 11) is 4.16. The minimum atomic E-state index is -0.206. The number of rotatable bonds is 11. The van der Waals surface area contributed by atoms with Gasteiger partial charge in [-0.05, 0) is 88.5 Å². The van der Waals surface area contributed by atoms with Crippen molar-refractivity contribution in [1.82, 2.24) is 4.90 Å². The van der Waals surface area contributed by atoms with E-state index in [-0.39, 0.29) is 5.63 Å². The summed E-state index contributed by atoms with van der Waals surface area (Å²) < 4.78 is 11.4. The Morgan fingerprint density at radius 2 is 1.90 bits per heavy atom. The number of aryl methyl sites for hydroxylation is 2. The maximum absolute atomic E-state index is 12.3. The van der Waals surface area contributed by atoms with Gasteiger partial charge in [0.25, 0.3) is 0 Å². The lowest BCUT2D eigenvalue weighted by atomic mass is 9.95. The predicted molar refractivity (Wildman–Crippen MR) is 128 cm³/mol. The van der Waals surface area contributed by atoms with Crippen molar-refractivity contribution in [3.63, 3.8) is 0 Å². The van der Waals surface area contributed by atoms with E-state index < -0.39 is 0 Å². The Hall–Kier alpha value is -2.59. The van der Waals surface area contributed by atoms with E-state index in [4.69, 9.17) is 9.15 Å². The number of benzene rings is 2. The molecule has 1 aromatic heterocycles. The molecule has 0 radical (unpaired) electrons. The Labute approximate surface area is 185 Å². The molecule has 31 heavy (non-hydrogen) atoms. The smallest absolute Gasteiger partial charge is 0.339 e. The summed E-state index contributed by atoms with van der Waals surface area (Å²) in [6, 6.07) is 16.3. The fraction of sp³-hybridized carbons (Fsp3) is 0.444. The first-order chi connectivity index (χ1) is 14.9. The fourth-order valence-electron chi connectivity index (χ4n) is 3.92. The van der Waals surface area contributed by atoms with Gasteiger partial charge in [-0.15, -0.1) is 0 Å². The van der Waals surface area contributed by atoms with Crippen molar-refractivity contribution >= 4 is 11.0 Å². The molecule has 0 aliphatic carbocycles. The van der Waals surface area contributed by atoms with E-state index in [9.17, 15) is 4.79 Å². The second-order valence-corrected chi connectivity index (χ2v) is 8.95. The average Bonchev–Trinajstić information content (AvgIpc) is 2.72. The maximum atomic E-state index is 12.3. The van der Waals surface area contributed by atoms with Gasteiger partial charge in [0.1, 0.15) is 11.3 Å². The van der Waals surface area contributed by atoms with Crippen LogP contribution < -0.4 is 10.4 Å². The molecule has 0 N–H and O–H groups in total. The highest BCUT2D eigenvalue weighted by molar-refractivity contribution is 5.77. The molecule has 0 saturated carbocycles. The molecule has 0 spiro atoms. The standard InChI is InChI=1S/C27H35NO3/c1-20(17-24-19-23-16-21(2)12-13-26(23)31-27(24)29)8-5-9-22-10-6-11-25(18-22)30-15-7-14-28(3)4/h6,10-13,16,18-20H,5,7-9,14-15,17H2,1-4H3. The number of hydrogen-bond donors (Lipinski definition) is 0. The van der Waals surface area contributed by atoms with Crippen molar-refractivity contribution in [2.45, 2.75) is 46.0 Å². The average molecular weight is 422 g/mol. The Morgan fingerprint density at radius 3 is 2.71 bits per heavy atom. The SMILES string of the molecule is Cc1ccc2oc(=O)c(CC(C)CCCc3cccc(OCCCN(C)C)c3)cc2c1. The molecule has 4 heteroatoms. The van der Waals surface area contributed by atoms with E-state index in [1.807, 2.05) is 24.3 Å². The molecule has 0 aliphatic heterocycles. The predicted octanol–water partition coefficient (Wildman–Crippen LogP) is 5.63. The number of fused-ring (bicyclic) bond motifs is 1. The Balaban J connectivity index is 1.49. The third-order valence-corrected chi connectivity index (χ3v) is 5.61. The molecule has 0 amide bonds. The molecule has 3 aromatic rings. The van der Waals surface area contributed by atoms with Crippen molar-refractivity contribution in [1.29, 1.82) is 0 Å². The van der Waals surface area contributed by atoms with Gasteiger partial charge in [-0.1, -0.05) is 37.1 Å². The summed E-state index contributed by atoms with van der Waals surface area (Å²) in [5.74, 6) is 1.38. The van der Waals surface area contributed by atoms with Crippen LogP contribution in [0.4, 0.5) is 0 Å². The van der Waals surface area contributed by atoms with Crippen LogP contribution in [0.2, 0.25) is 0 Å². The number of nitrogens with zero attached hydrogens (tertiary/aromatic N) is 1. The quantitative estimate of drug-likeness (QED) is 0.297. The summed E-state index contributed by atoms with van der Waals surface area (Å²) in [5.41, 5.74) is 3.71. The highest BCUT2D eigenvalue weighted by Gasteiger charge is 2.11. The van der Waals surface area contributed by atoms with Gasteiger partial charge in [0.2, 0.25) is 0 Å². The van der Waals surface area contributed by atoms with Crippen molar-refractivity contribution in [3.05, 3.63) is 75.6 Å². The van der Waals surface area contributed by atoms with Gasteiger partial charge in [0.15, 0.2) is 0 Å². The van der Waals surface area contributed by atoms with E-state index in [0.717, 1.165) is 62.0 Å². The Morgan fingerprint density at radius 1 is 1.06 bits per heavy atom. The molecule has 0 aliphatic rings. The molecule has 2 aromatic carbocycles. The Kier molecular flexibility index (Phi) is 8.30. The molecule has 0 saturated heterocycles. The summed E-state index contributed by atoms with van der Waals surface area (Å²) in [6.45, 7) is 6.04. The van der Waals surface area contributed by atoms with Gasteiger partial charge >= 0.3 is 5.63 Å². The third-order valence-electron chi connectivity index (χ3n) is 5.61. The summed E-state index contributed by atoms with van der Waals surface area (Å²) in [4.78, 5) is 14.5. The second kappa shape index (κ2) is 11.1. The van der Waals surface area contributed by atoms with Crippen LogP contribution in [-0.2, 0) is 12.8 Å². The van der Waals surface area contributed by atoms with E-state index >= 15 is 0 Å². The lowest BCUT2D eigenvalue weighted by molar-refractivity contribution is 0.281. The molecule has 1 unspecified atom stereocenters. The molecule has 1 atom stereocenters. The monoisotopic (exact) mass is 421 g/mol. The van der Waals surface area contributed by atoms with Gasteiger partial charge in [0, 0.05) is 17.5 Å². The highest BCUT2D eigenvalue weighted by atomic mass is 16.5. The van der Waals surface area contributed by atoms with Gasteiger partial charge in [-0.2, -0.15) is 0 Å². The van der Waals surface area contributed by atoms with Gasteiger partial charge < -0.3 is 14.1 Å². The van der Waals surface area contributed by atoms with E-state index in [0.29, 0.717) is 11.5 Å². The largest absolute Gasteiger partial charge is 0.494 e. The fourth-order valence-corrected chi connectivity index (χ4v) is 3.92. The topological polar surface area (TPSA) is 42.7 Å². The van der Waals surface area contributed by atoms with Crippen LogP contribution in [0, 0.1) is 12.8 Å². The molecule has 166 valence electrons. The van der Waals surface area contributed by atoms with Gasteiger partial charge in [-0.25, -0.2) is 4.79 Å². The molecule has 4 nitrogen and oxygen atoms in total. The normalized spacial score (nSPS) is 12.4. The minimum absolute atomic E-state index is 0.206. The zero-order valence-electron chi connectivity index (χ0n) is 19.3. The van der Waals surface area contributed by atoms with Crippen molar-refractivity contribution < 1.29 is 9.15 Å². The zero-order chi connectivity index (χ0) is 22.2. The van der Waals surface area contributed by atoms with Gasteiger partial charge in [-0.3, -0.25) is 0 Å². The molecular weight excluding hydrogens is 386 g/mol. The van der Waals surface area contributed by atoms with Crippen LogP contribution in [0.1, 0.15) is 42.9 Å². The van der Waals surface area contributed by atoms with Crippen molar-refractivity contribution in [2.75, 3.05) is 27.2 Å². The zero-order valence-corrected chi connectivity index (χ0v) is 19.3. The van der Waals surface area contributed by atoms with Crippen LogP contribution in [0.15, 0.2) is 57.7 Å². The van der Waals surface area contributed by atoms with Crippen LogP contribution in [0.5, 0.6) is 5.75 Å². The minimum Gasteiger partial charge on any atom is -0.494 e. The molecule has 0 fully saturated rings. The third kappa shape index (κ3) is 7.25. The highest BCUT2D eigenvalue weighted by Crippen LogP contribution is 2.20. The molecule has 1 heterocycles.